The highest BCUT2D eigenvalue weighted by Gasteiger charge is 2.30. The fourth-order valence-electron chi connectivity index (χ4n) is 9.34. The largest absolute Gasteiger partial charge is 0.507 e. The third-order valence-electron chi connectivity index (χ3n) is 13.1. The molecule has 4 heteroatoms. The van der Waals surface area contributed by atoms with Gasteiger partial charge in [-0.25, -0.2) is 4.98 Å². The molecule has 1 N–H and O–H groups in total. The van der Waals surface area contributed by atoms with Crippen LogP contribution in [0.4, 0.5) is 0 Å². The molecule has 65 heavy (non-hydrogen) atoms. The molecule has 8 aromatic rings. The van der Waals surface area contributed by atoms with E-state index in [1.54, 1.807) is 18.3 Å². The average Bonchev–Trinajstić information content (AvgIpc) is 4.01. The number of pyridine rings is 1. The van der Waals surface area contributed by atoms with Gasteiger partial charge in [0.2, 0.25) is 0 Å². The Morgan fingerprint density at radius 2 is 1.32 bits per heavy atom. The van der Waals surface area contributed by atoms with Gasteiger partial charge in [-0.05, 0) is 123 Å². The number of benzene rings is 6. The average molecular weight is 861 g/mol. The van der Waals surface area contributed by atoms with Crippen LogP contribution >= 0.6 is 0 Å². The highest BCUT2D eigenvalue weighted by molar-refractivity contribution is 5.98. The summed E-state index contributed by atoms with van der Waals surface area (Å²) in [5.74, 6) is 0.722. The zero-order chi connectivity index (χ0) is 50.1. The molecule has 0 saturated heterocycles. The number of hydrogen-bond donors (Lipinski definition) is 1. The third kappa shape index (κ3) is 8.93. The maximum atomic E-state index is 12.6. The fraction of sp³-hybridized carbons (Fsp3) is 0.311. The smallest absolute Gasteiger partial charge is 0.149 e. The van der Waals surface area contributed by atoms with Crippen molar-refractivity contribution in [2.45, 2.75) is 117 Å². The number of phenols is 1. The third-order valence-corrected chi connectivity index (χ3v) is 13.1. The summed E-state index contributed by atoms with van der Waals surface area (Å²) < 4.78 is 44.8. The van der Waals surface area contributed by atoms with Gasteiger partial charge in [-0.3, -0.25) is 9.55 Å². The summed E-state index contributed by atoms with van der Waals surface area (Å²) in [5, 5.41) is 12.6. The van der Waals surface area contributed by atoms with Gasteiger partial charge in [0.15, 0.2) is 0 Å². The van der Waals surface area contributed by atoms with E-state index >= 15 is 0 Å². The lowest BCUT2D eigenvalue weighted by molar-refractivity contribution is 0.446. The topological polar surface area (TPSA) is 50.9 Å². The van der Waals surface area contributed by atoms with Gasteiger partial charge in [0.05, 0.1) is 28.0 Å². The fourth-order valence-corrected chi connectivity index (χ4v) is 9.34. The van der Waals surface area contributed by atoms with Crippen molar-refractivity contribution in [3.63, 3.8) is 0 Å². The molecule has 1 fully saturated rings. The molecule has 1 aliphatic carbocycles. The maximum absolute atomic E-state index is 12.6. The molecule has 1 saturated carbocycles. The van der Waals surface area contributed by atoms with E-state index in [9.17, 15) is 7.85 Å². The lowest BCUT2D eigenvalue weighted by atomic mass is 9.79. The monoisotopic (exact) mass is 861 g/mol. The molecule has 0 atom stereocenters. The summed E-state index contributed by atoms with van der Waals surface area (Å²) in [5.41, 5.74) is 13.5. The lowest BCUT2D eigenvalue weighted by Gasteiger charge is -2.27. The second-order valence-electron chi connectivity index (χ2n) is 21.1. The molecule has 330 valence electrons. The van der Waals surface area contributed by atoms with Crippen molar-refractivity contribution in [3.05, 3.63) is 167 Å². The van der Waals surface area contributed by atoms with Crippen molar-refractivity contribution < 1.29 is 12.0 Å². The molecule has 1 aliphatic rings. The molecule has 0 radical (unpaired) electrons. The summed E-state index contributed by atoms with van der Waals surface area (Å²) in [6, 6.07) is 44.5. The van der Waals surface area contributed by atoms with Gasteiger partial charge < -0.3 is 5.11 Å². The van der Waals surface area contributed by atoms with E-state index in [4.69, 9.17) is 14.1 Å². The Morgan fingerprint density at radius 3 is 2.02 bits per heavy atom. The Morgan fingerprint density at radius 1 is 0.615 bits per heavy atom. The van der Waals surface area contributed by atoms with Crippen LogP contribution in [0, 0.1) is 12.8 Å². The van der Waals surface area contributed by atoms with E-state index in [0.29, 0.717) is 22.5 Å². The summed E-state index contributed by atoms with van der Waals surface area (Å²) in [6.45, 7) is 17.4. The standard InChI is InChI=1S/C61H65N3O/c1-39-23-26-42(27-24-39)44-29-30-62-53(36-44)46-33-45(34-47(35-46)59(2,3)4)49-21-16-22-55-56(49)63-58(51-37-48(60(5,6)7)38-52(57(51)65)61(8,9)10)64(55)54-28-25-41(31-40-17-14-15-18-40)32-50(54)43-19-12-11-13-20-43/h11-13,16,19-30,32-38,40,65H,14-15,17-18,31H2,1-10H3/i1D3,31D2. The van der Waals surface area contributed by atoms with Crippen molar-refractivity contribution in [1.29, 1.82) is 0 Å². The van der Waals surface area contributed by atoms with Gasteiger partial charge in [0.25, 0.3) is 0 Å². The van der Waals surface area contributed by atoms with Crippen molar-refractivity contribution in [2.75, 3.05) is 0 Å². The van der Waals surface area contributed by atoms with Crippen LogP contribution in [0.3, 0.4) is 0 Å². The predicted molar refractivity (Wildman–Crippen MR) is 274 cm³/mol. The number of rotatable bonds is 8. The number of imidazole rings is 1. The van der Waals surface area contributed by atoms with E-state index in [-0.39, 0.29) is 27.9 Å². The zero-order valence-electron chi connectivity index (χ0n) is 44.5. The van der Waals surface area contributed by atoms with Crippen LogP contribution < -0.4 is 0 Å². The Bertz CT molecular complexity index is 3230. The molecular formula is C61H65N3O. The number of nitrogens with zero attached hydrogens (tertiary/aromatic N) is 3. The number of aromatic hydroxyl groups is 1. The van der Waals surface area contributed by atoms with Crippen LogP contribution in [-0.2, 0) is 22.6 Å². The predicted octanol–water partition coefficient (Wildman–Crippen LogP) is 16.4. The van der Waals surface area contributed by atoms with Crippen LogP contribution in [0.15, 0.2) is 140 Å². The first-order valence-electron chi connectivity index (χ1n) is 25.7. The summed E-state index contributed by atoms with van der Waals surface area (Å²) >= 11 is 0. The van der Waals surface area contributed by atoms with Gasteiger partial charge in [-0.1, -0.05) is 178 Å². The number of aromatic nitrogens is 3. The van der Waals surface area contributed by atoms with Gasteiger partial charge in [0, 0.05) is 35.3 Å². The molecule has 6 aromatic carbocycles. The second-order valence-corrected chi connectivity index (χ2v) is 21.1. The maximum Gasteiger partial charge on any atom is 0.149 e. The molecule has 0 bridgehead atoms. The molecule has 2 aromatic heterocycles. The Kier molecular flexibility index (Phi) is 9.92. The van der Waals surface area contributed by atoms with Gasteiger partial charge in [-0.2, -0.15) is 0 Å². The quantitative estimate of drug-likeness (QED) is 0.166. The zero-order valence-corrected chi connectivity index (χ0v) is 39.5. The first kappa shape index (κ1) is 38.1. The molecule has 0 unspecified atom stereocenters. The Labute approximate surface area is 394 Å². The van der Waals surface area contributed by atoms with Gasteiger partial charge in [0.1, 0.15) is 11.6 Å². The Balaban J connectivity index is 1.32. The summed E-state index contributed by atoms with van der Waals surface area (Å²) in [7, 11) is 0. The summed E-state index contributed by atoms with van der Waals surface area (Å²) in [6.07, 6.45) is 4.12. The number of phenolic OH excluding ortho intramolecular Hbond substituents is 1. The minimum atomic E-state index is -2.18. The van der Waals surface area contributed by atoms with Crippen LogP contribution in [-0.4, -0.2) is 19.6 Å². The van der Waals surface area contributed by atoms with E-state index in [1.807, 2.05) is 42.5 Å². The van der Waals surface area contributed by atoms with Crippen LogP contribution in [0.1, 0.15) is 123 Å². The first-order chi connectivity index (χ1) is 32.9. The molecule has 0 aliphatic heterocycles. The minimum Gasteiger partial charge on any atom is -0.507 e. The van der Waals surface area contributed by atoms with E-state index in [2.05, 4.69) is 146 Å². The molecule has 0 amide bonds. The molecule has 0 spiro atoms. The van der Waals surface area contributed by atoms with E-state index in [1.165, 1.54) is 0 Å². The number of aryl methyl sites for hydroxylation is 1. The minimum absolute atomic E-state index is 0.0524. The number of hydrogen-bond acceptors (Lipinski definition) is 3. The molecule has 9 rings (SSSR count). The first-order valence-corrected chi connectivity index (χ1v) is 23.2. The summed E-state index contributed by atoms with van der Waals surface area (Å²) in [4.78, 5) is 10.6. The van der Waals surface area contributed by atoms with Crippen molar-refractivity contribution >= 4 is 11.0 Å². The van der Waals surface area contributed by atoms with Crippen molar-refractivity contribution in [1.82, 2.24) is 14.5 Å². The highest BCUT2D eigenvalue weighted by atomic mass is 16.3. The van der Waals surface area contributed by atoms with Crippen molar-refractivity contribution in [2.24, 2.45) is 5.92 Å². The van der Waals surface area contributed by atoms with E-state index in [0.717, 1.165) is 104 Å². The SMILES string of the molecule is [2H]C([2H])([2H])c1ccc(-c2ccnc(-c3cc(-c4cccc5c4nc(-c4cc(C(C)(C)C)cc(C(C)(C)C)c4O)n5-c4ccc(C([2H])([2H])C5CCCC5)cc4-c4ccccc4)cc(C(C)(C)C)c3)c2)cc1. The number of fused-ring (bicyclic) bond motifs is 1. The highest BCUT2D eigenvalue weighted by Crippen LogP contribution is 2.46. The second kappa shape index (κ2) is 16.9. The van der Waals surface area contributed by atoms with Crippen molar-refractivity contribution in [3.8, 4) is 67.5 Å². The van der Waals surface area contributed by atoms with E-state index < -0.39 is 13.2 Å². The van der Waals surface area contributed by atoms with Crippen LogP contribution in [0.25, 0.3) is 72.7 Å². The van der Waals surface area contributed by atoms with Crippen LogP contribution in [0.5, 0.6) is 5.75 Å². The molecule has 2 heterocycles. The normalized spacial score (nSPS) is 15.4. The molecule has 4 nitrogen and oxygen atoms in total. The van der Waals surface area contributed by atoms with Gasteiger partial charge in [-0.15, -0.1) is 0 Å². The number of para-hydroxylation sites is 1. The van der Waals surface area contributed by atoms with Crippen LogP contribution in [0.2, 0.25) is 0 Å². The molecular weight excluding hydrogens is 791 g/mol. The van der Waals surface area contributed by atoms with Gasteiger partial charge >= 0.3 is 0 Å². The lowest BCUT2D eigenvalue weighted by Crippen LogP contribution is -2.17. The Hall–Kier alpha value is -6.26.